The summed E-state index contributed by atoms with van der Waals surface area (Å²) < 4.78 is 47.2. The number of halogens is 2. The van der Waals surface area contributed by atoms with Crippen molar-refractivity contribution in [1.82, 2.24) is 30.7 Å². The molecule has 402 valence electrons. The number of unbranched alkanes of at least 4 members (excludes halogenated alkanes) is 3. The Balaban J connectivity index is 0.872. The molecule has 1 unspecified atom stereocenters. The number of hydrogen-bond donors (Lipinski definition) is 5. The van der Waals surface area contributed by atoms with Gasteiger partial charge in [0, 0.05) is 67.2 Å². The van der Waals surface area contributed by atoms with E-state index in [1.807, 2.05) is 30.3 Å². The van der Waals surface area contributed by atoms with E-state index < -0.39 is 89.8 Å². The highest BCUT2D eigenvalue weighted by Gasteiger charge is 2.51. The summed E-state index contributed by atoms with van der Waals surface area (Å²) in [6, 6.07) is 15.7. The second-order valence-electron chi connectivity index (χ2n) is 20.6. The van der Waals surface area contributed by atoms with Crippen LogP contribution < -0.4 is 16.0 Å². The molecule has 4 aliphatic rings. The van der Waals surface area contributed by atoms with Gasteiger partial charge in [0.05, 0.1) is 22.1 Å². The Labute approximate surface area is 441 Å². The average Bonchev–Trinajstić information content (AvgIpc) is 4.09. The van der Waals surface area contributed by atoms with E-state index in [0.29, 0.717) is 55.6 Å². The number of carbonyl (C=O) groups excluding carboxylic acids is 8. The van der Waals surface area contributed by atoms with Crippen molar-refractivity contribution in [3.8, 4) is 11.8 Å². The first-order chi connectivity index (χ1) is 36.0. The van der Waals surface area contributed by atoms with Gasteiger partial charge in [-0.05, 0) is 78.8 Å². The molecule has 1 aromatic heterocycles. The molecule has 5 N–H and O–H groups in total. The first-order valence-electron chi connectivity index (χ1n) is 25.2. The van der Waals surface area contributed by atoms with Crippen molar-refractivity contribution in [2.24, 2.45) is 5.41 Å². The quantitative estimate of drug-likeness (QED) is 0.0387. The van der Waals surface area contributed by atoms with Crippen LogP contribution in [0.3, 0.4) is 0 Å². The van der Waals surface area contributed by atoms with Gasteiger partial charge < -0.3 is 35.0 Å². The summed E-state index contributed by atoms with van der Waals surface area (Å²) in [6.45, 7) is 6.06. The predicted octanol–water partition coefficient (Wildman–Crippen LogP) is 5.79. The van der Waals surface area contributed by atoms with Crippen LogP contribution in [0.25, 0.3) is 10.1 Å². The molecule has 18 nitrogen and oxygen atoms in total. The van der Waals surface area contributed by atoms with E-state index in [1.54, 1.807) is 37.8 Å². The first-order valence-corrected chi connectivity index (χ1v) is 27.6. The number of ether oxygens (including phenoxy) is 1. The van der Waals surface area contributed by atoms with Crippen LogP contribution in [0.4, 0.5) is 8.78 Å². The zero-order chi connectivity index (χ0) is 54.7. The standard InChI is InChI=1S/C54H59F2N6O12PS/c1-53(2,3)46(59-48(66)42-27-35-26-36(20-22-41(35)76-42)54(55,56)75(71,72)73)52(70)61-30-37(28-40(61)50(68)60-25-13-18-34(29-60)32-14-9-7-10-15-32)74-31-44(64)57-24-11-6-4-5-8-16-33-17-12-19-38-45(33)51(69)62(49(38)67)39-21-23-43(63)58-47(39)65/h7,9-10,12,14-15,17,19-20,22,26-27,34,37,39-40,46H,4-6,11,13,18,21,23-25,28-31H2,1-3H3,(H,57,64)(H,59,66)(H,58,63,65)(H2,71,72,73)/t34-,37-,39?,40-,46+/m0/s1. The van der Waals surface area contributed by atoms with E-state index in [4.69, 9.17) is 4.74 Å². The third kappa shape index (κ3) is 12.1. The Morgan fingerprint density at radius 2 is 1.70 bits per heavy atom. The minimum absolute atomic E-state index is 0.0108. The summed E-state index contributed by atoms with van der Waals surface area (Å²) >= 11 is 0.944. The van der Waals surface area contributed by atoms with E-state index in [-0.39, 0.29) is 65.6 Å². The lowest BCUT2D eigenvalue weighted by Gasteiger charge is -2.38. The summed E-state index contributed by atoms with van der Waals surface area (Å²) in [7, 11) is -5.85. The molecule has 3 aromatic carbocycles. The number of imide groups is 2. The molecule has 8 amide bonds. The van der Waals surface area contributed by atoms with Gasteiger partial charge in [-0.25, -0.2) is 0 Å². The van der Waals surface area contributed by atoms with Gasteiger partial charge in [-0.2, -0.15) is 8.78 Å². The van der Waals surface area contributed by atoms with Gasteiger partial charge >= 0.3 is 13.3 Å². The molecular formula is C54H59F2N6O12PS. The van der Waals surface area contributed by atoms with E-state index in [2.05, 4.69) is 27.8 Å². The summed E-state index contributed by atoms with van der Waals surface area (Å²) in [5.74, 6) is 1.76. The second kappa shape index (κ2) is 22.9. The Morgan fingerprint density at radius 1 is 0.934 bits per heavy atom. The predicted molar refractivity (Wildman–Crippen MR) is 275 cm³/mol. The molecule has 4 aliphatic heterocycles. The maximum Gasteiger partial charge on any atom is 0.399 e. The van der Waals surface area contributed by atoms with Crippen LogP contribution in [-0.4, -0.2) is 129 Å². The van der Waals surface area contributed by atoms with Crippen LogP contribution in [0.5, 0.6) is 0 Å². The number of rotatable bonds is 16. The number of likely N-dealkylation sites (tertiary alicyclic amines) is 2. The van der Waals surface area contributed by atoms with E-state index >= 15 is 0 Å². The number of thiophene rings is 1. The molecule has 0 spiro atoms. The van der Waals surface area contributed by atoms with Gasteiger partial charge in [-0.1, -0.05) is 81.5 Å². The molecule has 0 radical (unpaired) electrons. The average molecular weight is 1090 g/mol. The topological polar surface area (TPSA) is 249 Å². The Bertz CT molecular complexity index is 3070. The number of nitrogens with zero attached hydrogens (tertiary/aromatic N) is 3. The van der Waals surface area contributed by atoms with Gasteiger partial charge in [-0.3, -0.25) is 53.1 Å². The zero-order valence-electron chi connectivity index (χ0n) is 42.1. The summed E-state index contributed by atoms with van der Waals surface area (Å²) in [5.41, 5.74) is -4.57. The monoisotopic (exact) mass is 1080 g/mol. The van der Waals surface area contributed by atoms with Crippen molar-refractivity contribution in [3.05, 3.63) is 105 Å². The fraction of sp³-hybridized carbons (Fsp3) is 0.444. The number of benzene rings is 3. The molecule has 5 atom stereocenters. The molecule has 3 saturated heterocycles. The Kier molecular flexibility index (Phi) is 16.7. The first kappa shape index (κ1) is 55.5. The van der Waals surface area contributed by atoms with Gasteiger partial charge in [0.2, 0.25) is 29.5 Å². The second-order valence-corrected chi connectivity index (χ2v) is 23.3. The van der Waals surface area contributed by atoms with Crippen LogP contribution in [0.1, 0.15) is 132 Å². The number of piperidine rings is 2. The SMILES string of the molecule is CC(C)(C)[C@H](NC(=O)c1cc2cc(C(F)(F)P(=O)(O)O)ccc2s1)C(=O)N1C[C@@H](OCC(=O)NCCCCCC#Cc2cccc3c2C(=O)N(C2CCC(=O)NC2=O)C3=O)C[C@H]1C(=O)N1CCC[C@H](c2ccccc2)C1. The Morgan fingerprint density at radius 3 is 2.42 bits per heavy atom. The molecular weight excluding hydrogens is 1030 g/mol. The fourth-order valence-corrected chi connectivity index (χ4v) is 11.5. The van der Waals surface area contributed by atoms with Gasteiger partial charge in [0.25, 0.3) is 17.7 Å². The largest absolute Gasteiger partial charge is 0.399 e. The molecule has 3 fully saturated rings. The van der Waals surface area contributed by atoms with Crippen LogP contribution in [0.15, 0.2) is 72.8 Å². The molecule has 0 bridgehead atoms. The van der Waals surface area contributed by atoms with Crippen molar-refractivity contribution < 1.29 is 66.2 Å². The zero-order valence-corrected chi connectivity index (χ0v) is 43.9. The third-order valence-corrected chi connectivity index (χ3v) is 16.2. The van der Waals surface area contributed by atoms with Crippen LogP contribution in [-0.2, 0) is 38.9 Å². The highest BCUT2D eigenvalue weighted by atomic mass is 32.1. The number of fused-ring (bicyclic) bond motifs is 2. The number of hydrogen-bond acceptors (Lipinski definition) is 11. The molecule has 8 rings (SSSR count). The van der Waals surface area contributed by atoms with E-state index in [9.17, 15) is 61.5 Å². The molecule has 5 heterocycles. The molecule has 22 heteroatoms. The lowest BCUT2D eigenvalue weighted by atomic mass is 9.85. The van der Waals surface area contributed by atoms with Gasteiger partial charge in [0.15, 0.2) is 0 Å². The van der Waals surface area contributed by atoms with Crippen LogP contribution >= 0.6 is 18.9 Å². The molecule has 76 heavy (non-hydrogen) atoms. The van der Waals surface area contributed by atoms with Crippen molar-refractivity contribution in [1.29, 1.82) is 0 Å². The Hall–Kier alpha value is -6.69. The number of nitrogens with one attached hydrogen (secondary N) is 3. The van der Waals surface area contributed by atoms with Crippen molar-refractivity contribution in [3.63, 3.8) is 0 Å². The summed E-state index contributed by atoms with van der Waals surface area (Å²) in [6.07, 6.45) is 3.46. The van der Waals surface area contributed by atoms with E-state index in [0.717, 1.165) is 46.8 Å². The maximum absolute atomic E-state index is 14.8. The smallest absolute Gasteiger partial charge is 0.366 e. The highest BCUT2D eigenvalue weighted by Crippen LogP contribution is 2.59. The lowest BCUT2D eigenvalue weighted by molar-refractivity contribution is -0.147. The summed E-state index contributed by atoms with van der Waals surface area (Å²) in [4.78, 5) is 130. The molecule has 0 aliphatic carbocycles. The fourth-order valence-electron chi connectivity index (χ4n) is 10.1. The van der Waals surface area contributed by atoms with Crippen molar-refractivity contribution in [2.45, 2.75) is 114 Å². The van der Waals surface area contributed by atoms with Crippen LogP contribution in [0, 0.1) is 17.3 Å². The normalized spacial score (nSPS) is 20.5. The van der Waals surface area contributed by atoms with Crippen molar-refractivity contribution >= 4 is 76.3 Å². The number of carbonyl (C=O) groups is 8. The molecule has 0 saturated carbocycles. The maximum atomic E-state index is 14.8. The lowest BCUT2D eigenvalue weighted by Crippen LogP contribution is -2.58. The molecule has 4 aromatic rings. The van der Waals surface area contributed by atoms with Gasteiger partial charge in [-0.15, -0.1) is 11.3 Å². The van der Waals surface area contributed by atoms with Crippen LogP contribution in [0.2, 0.25) is 0 Å². The minimum atomic E-state index is -5.85. The number of amides is 8. The summed E-state index contributed by atoms with van der Waals surface area (Å²) in [5, 5.41) is 7.99. The number of alkyl halides is 2. The third-order valence-electron chi connectivity index (χ3n) is 14.1. The van der Waals surface area contributed by atoms with E-state index in [1.165, 1.54) is 23.1 Å². The highest BCUT2D eigenvalue weighted by molar-refractivity contribution is 7.52. The van der Waals surface area contributed by atoms with Crippen molar-refractivity contribution in [2.75, 3.05) is 32.8 Å². The minimum Gasteiger partial charge on any atom is -0.366 e. The van der Waals surface area contributed by atoms with Gasteiger partial charge in [0.1, 0.15) is 24.7 Å².